The van der Waals surface area contributed by atoms with E-state index < -0.39 is 11.5 Å². The van der Waals surface area contributed by atoms with E-state index in [4.69, 9.17) is 23.7 Å². The molecule has 2 aromatic carbocycles. The van der Waals surface area contributed by atoms with Crippen LogP contribution in [0.2, 0.25) is 0 Å². The van der Waals surface area contributed by atoms with Crippen LogP contribution in [0.1, 0.15) is 50.3 Å². The van der Waals surface area contributed by atoms with Crippen molar-refractivity contribution in [1.82, 2.24) is 0 Å². The Morgan fingerprint density at radius 2 is 1.59 bits per heavy atom. The molecular weight excluding hydrogens is 440 g/mol. The minimum Gasteiger partial charge on any atom is -0.504 e. The molecule has 0 spiro atoms. The minimum atomic E-state index is -0.871. The quantitative estimate of drug-likeness (QED) is 0.449. The van der Waals surface area contributed by atoms with Gasteiger partial charge in [0.15, 0.2) is 23.0 Å². The van der Waals surface area contributed by atoms with Crippen LogP contribution in [0, 0.1) is 11.8 Å². The van der Waals surface area contributed by atoms with Gasteiger partial charge in [-0.2, -0.15) is 0 Å². The number of hydrogen-bond acceptors (Lipinski definition) is 8. The molecule has 2 N–H and O–H groups in total. The molecule has 0 saturated heterocycles. The number of fused-ring (bicyclic) bond motifs is 1. The predicted molar refractivity (Wildman–Crippen MR) is 126 cm³/mol. The van der Waals surface area contributed by atoms with E-state index in [1.807, 2.05) is 19.9 Å². The lowest BCUT2D eigenvalue weighted by atomic mass is 9.65. The van der Waals surface area contributed by atoms with E-state index in [0.717, 1.165) is 11.1 Å². The lowest BCUT2D eigenvalue weighted by Crippen LogP contribution is -2.47. The van der Waals surface area contributed by atoms with Crippen molar-refractivity contribution in [3.05, 3.63) is 34.9 Å². The van der Waals surface area contributed by atoms with Crippen LogP contribution in [-0.4, -0.2) is 50.2 Å². The van der Waals surface area contributed by atoms with Crippen molar-refractivity contribution in [2.45, 2.75) is 45.6 Å². The molecule has 0 amide bonds. The van der Waals surface area contributed by atoms with Crippen molar-refractivity contribution in [1.29, 1.82) is 0 Å². The fraction of sp³-hybridized carbons (Fsp3) is 0.500. The van der Waals surface area contributed by atoms with Gasteiger partial charge in [0.1, 0.15) is 5.60 Å². The number of ether oxygens (including phenoxy) is 5. The van der Waals surface area contributed by atoms with Gasteiger partial charge in [-0.05, 0) is 36.2 Å². The fourth-order valence-electron chi connectivity index (χ4n) is 4.74. The Hall–Kier alpha value is -3.29. The maximum absolute atomic E-state index is 12.7. The lowest BCUT2D eigenvalue weighted by molar-refractivity contribution is -0.168. The Labute approximate surface area is 200 Å². The first-order chi connectivity index (χ1) is 16.0. The van der Waals surface area contributed by atoms with E-state index >= 15 is 0 Å². The molecule has 2 aromatic rings. The molecule has 0 saturated carbocycles. The Balaban J connectivity index is 2.35. The van der Waals surface area contributed by atoms with Crippen molar-refractivity contribution in [3.63, 3.8) is 0 Å². The standard InChI is InChI=1S/C26H34O8/c1-13(2)25(29)34-26(4)12-16-11-19(31-6)23(32-7)24(33-8)21(16)20(14(26)3)15-9-17(27)22(28)18(10-15)30-5/h9-11,13-14,20,27-28H,12H2,1-8H3/t14-,20+,26+/m0/s1. The van der Waals surface area contributed by atoms with Crippen LogP contribution >= 0.6 is 0 Å². The van der Waals surface area contributed by atoms with Gasteiger partial charge < -0.3 is 33.9 Å². The van der Waals surface area contributed by atoms with Gasteiger partial charge in [-0.1, -0.05) is 20.8 Å². The molecule has 3 rings (SSSR count). The molecule has 0 aromatic heterocycles. The molecule has 8 nitrogen and oxygen atoms in total. The highest BCUT2D eigenvalue weighted by Crippen LogP contribution is 2.56. The summed E-state index contributed by atoms with van der Waals surface area (Å²) in [6.07, 6.45) is 0.427. The number of methoxy groups -OCH3 is 4. The molecule has 1 aliphatic rings. The molecule has 1 aliphatic carbocycles. The molecular formula is C26H34O8. The number of rotatable bonds is 7. The summed E-state index contributed by atoms with van der Waals surface area (Å²) in [5.74, 6) is -0.318. The number of benzene rings is 2. The van der Waals surface area contributed by atoms with Gasteiger partial charge in [-0.15, -0.1) is 0 Å². The normalized spacial score (nSPS) is 21.6. The number of hydrogen-bond donors (Lipinski definition) is 2. The van der Waals surface area contributed by atoms with Crippen molar-refractivity contribution in [3.8, 4) is 34.5 Å². The van der Waals surface area contributed by atoms with Crippen molar-refractivity contribution >= 4 is 5.97 Å². The fourth-order valence-corrected chi connectivity index (χ4v) is 4.74. The summed E-state index contributed by atoms with van der Waals surface area (Å²) in [7, 11) is 6.06. The first-order valence-electron chi connectivity index (χ1n) is 11.2. The van der Waals surface area contributed by atoms with Gasteiger partial charge in [-0.3, -0.25) is 4.79 Å². The third kappa shape index (κ3) is 4.17. The molecule has 8 heteroatoms. The highest BCUT2D eigenvalue weighted by molar-refractivity contribution is 5.72. The van der Waals surface area contributed by atoms with E-state index in [1.165, 1.54) is 20.3 Å². The molecule has 0 unspecified atom stereocenters. The van der Waals surface area contributed by atoms with Crippen LogP contribution in [-0.2, 0) is 16.0 Å². The zero-order valence-electron chi connectivity index (χ0n) is 21.0. The molecule has 0 fully saturated rings. The highest BCUT2D eigenvalue weighted by Gasteiger charge is 2.48. The average molecular weight is 475 g/mol. The Morgan fingerprint density at radius 3 is 2.12 bits per heavy atom. The summed E-state index contributed by atoms with van der Waals surface area (Å²) in [5.41, 5.74) is 1.49. The van der Waals surface area contributed by atoms with E-state index in [9.17, 15) is 15.0 Å². The van der Waals surface area contributed by atoms with Crippen LogP contribution in [0.25, 0.3) is 0 Å². The summed E-state index contributed by atoms with van der Waals surface area (Å²) in [6, 6.07) is 5.04. The zero-order valence-corrected chi connectivity index (χ0v) is 21.0. The molecule has 3 atom stereocenters. The molecule has 0 aliphatic heterocycles. The van der Waals surface area contributed by atoms with Crippen LogP contribution in [0.4, 0.5) is 0 Å². The SMILES string of the molecule is COc1cc([C@@H]2c3c(cc(OC)c(OC)c3OC)C[C@@](C)(OC(=O)C(C)C)[C@H]2C)cc(O)c1O. The smallest absolute Gasteiger partial charge is 0.308 e. The van der Waals surface area contributed by atoms with Gasteiger partial charge in [0.2, 0.25) is 11.5 Å². The molecule has 186 valence electrons. The number of aromatic hydroxyl groups is 2. The van der Waals surface area contributed by atoms with E-state index in [2.05, 4.69) is 0 Å². The number of phenolic OH excluding ortho intramolecular Hbond substituents is 2. The van der Waals surface area contributed by atoms with Crippen molar-refractivity contribution in [2.24, 2.45) is 11.8 Å². The van der Waals surface area contributed by atoms with E-state index in [-0.39, 0.29) is 35.1 Å². The maximum Gasteiger partial charge on any atom is 0.308 e. The van der Waals surface area contributed by atoms with Crippen molar-refractivity contribution < 1.29 is 38.7 Å². The van der Waals surface area contributed by atoms with Crippen LogP contribution in [0.3, 0.4) is 0 Å². The monoisotopic (exact) mass is 474 g/mol. The second kappa shape index (κ2) is 9.52. The number of carbonyl (C=O) groups is 1. The van der Waals surface area contributed by atoms with Gasteiger partial charge in [0, 0.05) is 23.8 Å². The highest BCUT2D eigenvalue weighted by atomic mass is 16.6. The van der Waals surface area contributed by atoms with Crippen LogP contribution in [0.5, 0.6) is 34.5 Å². The zero-order chi connectivity index (χ0) is 25.4. The minimum absolute atomic E-state index is 0.134. The average Bonchev–Trinajstić information content (AvgIpc) is 2.80. The first kappa shape index (κ1) is 25.3. The largest absolute Gasteiger partial charge is 0.504 e. The van der Waals surface area contributed by atoms with Crippen molar-refractivity contribution in [2.75, 3.05) is 28.4 Å². The van der Waals surface area contributed by atoms with Gasteiger partial charge in [0.25, 0.3) is 0 Å². The van der Waals surface area contributed by atoms with Gasteiger partial charge in [0.05, 0.1) is 34.4 Å². The Morgan fingerprint density at radius 1 is 0.971 bits per heavy atom. The predicted octanol–water partition coefficient (Wildman–Crippen LogP) is 4.41. The van der Waals surface area contributed by atoms with E-state index in [0.29, 0.717) is 29.2 Å². The first-order valence-corrected chi connectivity index (χ1v) is 11.2. The van der Waals surface area contributed by atoms with E-state index in [1.54, 1.807) is 34.1 Å². The molecule has 34 heavy (non-hydrogen) atoms. The number of phenols is 2. The third-order valence-corrected chi connectivity index (χ3v) is 6.73. The third-order valence-electron chi connectivity index (χ3n) is 6.73. The summed E-state index contributed by atoms with van der Waals surface area (Å²) in [5, 5.41) is 20.7. The maximum atomic E-state index is 12.7. The van der Waals surface area contributed by atoms with Crippen LogP contribution in [0.15, 0.2) is 18.2 Å². The summed E-state index contributed by atoms with van der Waals surface area (Å²) in [4.78, 5) is 12.7. The topological polar surface area (TPSA) is 104 Å². The summed E-state index contributed by atoms with van der Waals surface area (Å²) < 4.78 is 28.4. The lowest BCUT2D eigenvalue weighted by Gasteiger charge is -2.46. The molecule has 0 bridgehead atoms. The molecule has 0 radical (unpaired) electrons. The summed E-state index contributed by atoms with van der Waals surface area (Å²) in [6.45, 7) is 7.50. The van der Waals surface area contributed by atoms with Gasteiger partial charge in [-0.25, -0.2) is 0 Å². The Kier molecular flexibility index (Phi) is 7.10. The Bertz CT molecular complexity index is 1080. The second-order valence-corrected chi connectivity index (χ2v) is 9.14. The van der Waals surface area contributed by atoms with Crippen LogP contribution < -0.4 is 18.9 Å². The molecule has 0 heterocycles. The summed E-state index contributed by atoms with van der Waals surface area (Å²) >= 11 is 0. The second-order valence-electron chi connectivity index (χ2n) is 9.14. The van der Waals surface area contributed by atoms with Gasteiger partial charge >= 0.3 is 5.97 Å². The number of carbonyl (C=O) groups excluding carboxylic acids is 1. The number of esters is 1.